The molecule has 1 N–H and O–H groups in total. The summed E-state index contributed by atoms with van der Waals surface area (Å²) >= 11 is 0. The monoisotopic (exact) mass is 187 g/mol. The summed E-state index contributed by atoms with van der Waals surface area (Å²) in [6.07, 6.45) is 4.12. The molecule has 3 nitrogen and oxygen atoms in total. The zero-order valence-corrected chi connectivity index (χ0v) is 8.70. The normalized spacial score (nSPS) is 29.5. The van der Waals surface area contributed by atoms with E-state index in [0.717, 1.165) is 38.8 Å². The predicted molar refractivity (Wildman–Crippen MR) is 52.8 cm³/mol. The number of likely N-dealkylation sites (N-methyl/N-ethyl adjacent to an activating group) is 1. The van der Waals surface area contributed by atoms with Crippen LogP contribution in [0.3, 0.4) is 0 Å². The molecule has 0 radical (unpaired) electrons. The quantitative estimate of drug-likeness (QED) is 0.709. The van der Waals surface area contributed by atoms with Crippen molar-refractivity contribution in [2.75, 3.05) is 27.3 Å². The zero-order chi connectivity index (χ0) is 9.68. The molecule has 0 saturated heterocycles. The molecule has 0 unspecified atom stereocenters. The minimum atomic E-state index is -0.0490. The number of rotatable bonds is 4. The lowest BCUT2D eigenvalue weighted by Gasteiger charge is -2.32. The van der Waals surface area contributed by atoms with E-state index in [1.165, 1.54) is 0 Å². The first-order chi connectivity index (χ1) is 6.24. The molecule has 1 rings (SSSR count). The summed E-state index contributed by atoms with van der Waals surface area (Å²) in [4.78, 5) is 2.34. The number of hydrogen-bond donors (Lipinski definition) is 1. The third kappa shape index (κ3) is 3.63. The summed E-state index contributed by atoms with van der Waals surface area (Å²) in [5.41, 5.74) is 0. The van der Waals surface area contributed by atoms with E-state index in [1.807, 2.05) is 0 Å². The average molecular weight is 187 g/mol. The molecule has 3 heteroatoms. The van der Waals surface area contributed by atoms with Crippen molar-refractivity contribution in [3.8, 4) is 0 Å². The van der Waals surface area contributed by atoms with Gasteiger partial charge in [0.15, 0.2) is 0 Å². The van der Waals surface area contributed by atoms with Crippen molar-refractivity contribution < 1.29 is 9.84 Å². The van der Waals surface area contributed by atoms with E-state index in [1.54, 1.807) is 7.11 Å². The van der Waals surface area contributed by atoms with E-state index in [2.05, 4.69) is 11.9 Å². The Kier molecular flexibility index (Phi) is 4.70. The molecule has 78 valence electrons. The molecule has 13 heavy (non-hydrogen) atoms. The van der Waals surface area contributed by atoms with Crippen molar-refractivity contribution >= 4 is 0 Å². The van der Waals surface area contributed by atoms with Gasteiger partial charge in [-0.2, -0.15) is 0 Å². The van der Waals surface area contributed by atoms with E-state index < -0.39 is 0 Å². The highest BCUT2D eigenvalue weighted by Gasteiger charge is 2.21. The zero-order valence-electron chi connectivity index (χ0n) is 8.70. The fraction of sp³-hybridized carbons (Fsp3) is 1.00. The van der Waals surface area contributed by atoms with Gasteiger partial charge in [-0.1, -0.05) is 0 Å². The molecule has 0 atom stereocenters. The first kappa shape index (κ1) is 11.0. The molecule has 0 heterocycles. The molecule has 0 bridgehead atoms. The van der Waals surface area contributed by atoms with E-state index in [-0.39, 0.29) is 6.10 Å². The highest BCUT2D eigenvalue weighted by atomic mass is 16.5. The summed E-state index contributed by atoms with van der Waals surface area (Å²) in [6, 6.07) is 0.651. The topological polar surface area (TPSA) is 32.7 Å². The maximum Gasteiger partial charge on any atom is 0.0589 e. The van der Waals surface area contributed by atoms with Gasteiger partial charge in [0.2, 0.25) is 0 Å². The lowest BCUT2D eigenvalue weighted by atomic mass is 9.92. The van der Waals surface area contributed by atoms with Crippen LogP contribution in [0.15, 0.2) is 0 Å². The smallest absolute Gasteiger partial charge is 0.0589 e. The Labute approximate surface area is 80.7 Å². The number of methoxy groups -OCH3 is 1. The van der Waals surface area contributed by atoms with Crippen molar-refractivity contribution in [2.45, 2.75) is 37.8 Å². The molecule has 0 spiro atoms. The summed E-state index contributed by atoms with van der Waals surface area (Å²) in [5.74, 6) is 0. The fourth-order valence-electron chi connectivity index (χ4n) is 1.92. The SMILES string of the molecule is COCCN(C)[C@H]1CC[C@H](O)CC1. The third-order valence-corrected chi connectivity index (χ3v) is 2.94. The van der Waals surface area contributed by atoms with E-state index in [9.17, 15) is 5.11 Å². The maximum atomic E-state index is 9.34. The minimum Gasteiger partial charge on any atom is -0.393 e. The molecule has 0 aromatic rings. The van der Waals surface area contributed by atoms with Gasteiger partial charge in [0.25, 0.3) is 0 Å². The first-order valence-corrected chi connectivity index (χ1v) is 5.11. The molecule has 0 aliphatic heterocycles. The first-order valence-electron chi connectivity index (χ1n) is 5.11. The Bertz CT molecular complexity index is 133. The summed E-state index contributed by atoms with van der Waals surface area (Å²) in [7, 11) is 3.87. The Morgan fingerprint density at radius 2 is 1.92 bits per heavy atom. The second kappa shape index (κ2) is 5.58. The number of nitrogens with zero attached hydrogens (tertiary/aromatic N) is 1. The van der Waals surface area contributed by atoms with Gasteiger partial charge < -0.3 is 14.7 Å². The van der Waals surface area contributed by atoms with Gasteiger partial charge in [-0.3, -0.25) is 0 Å². The van der Waals surface area contributed by atoms with Gasteiger partial charge in [0.05, 0.1) is 12.7 Å². The molecule has 0 aromatic carbocycles. The second-order valence-corrected chi connectivity index (χ2v) is 3.94. The molecule has 1 aliphatic rings. The number of hydrogen-bond acceptors (Lipinski definition) is 3. The lowest BCUT2D eigenvalue weighted by molar-refractivity contribution is 0.0712. The van der Waals surface area contributed by atoms with Crippen molar-refractivity contribution in [1.29, 1.82) is 0 Å². The molecular weight excluding hydrogens is 166 g/mol. The molecular formula is C10H21NO2. The molecule has 0 aromatic heterocycles. The Hall–Kier alpha value is -0.120. The summed E-state index contributed by atoms with van der Waals surface area (Å²) in [5, 5.41) is 9.34. The van der Waals surface area contributed by atoms with Crippen molar-refractivity contribution in [2.24, 2.45) is 0 Å². The van der Waals surface area contributed by atoms with Crippen LogP contribution in [0.5, 0.6) is 0 Å². The van der Waals surface area contributed by atoms with Gasteiger partial charge >= 0.3 is 0 Å². The summed E-state index contributed by atoms with van der Waals surface area (Å²) in [6.45, 7) is 1.80. The van der Waals surface area contributed by atoms with Crippen LogP contribution in [-0.2, 0) is 4.74 Å². The molecule has 1 aliphatic carbocycles. The predicted octanol–water partition coefficient (Wildman–Crippen LogP) is 0.868. The van der Waals surface area contributed by atoms with E-state index in [0.29, 0.717) is 6.04 Å². The van der Waals surface area contributed by atoms with E-state index in [4.69, 9.17) is 4.74 Å². The van der Waals surface area contributed by atoms with E-state index >= 15 is 0 Å². The van der Waals surface area contributed by atoms with Crippen LogP contribution in [0.4, 0.5) is 0 Å². The van der Waals surface area contributed by atoms with Crippen LogP contribution in [0, 0.1) is 0 Å². The van der Waals surface area contributed by atoms with Crippen molar-refractivity contribution in [3.63, 3.8) is 0 Å². The van der Waals surface area contributed by atoms with Crippen LogP contribution in [-0.4, -0.2) is 49.5 Å². The third-order valence-electron chi connectivity index (χ3n) is 2.94. The standard InChI is InChI=1S/C10H21NO2/c1-11(7-8-13-2)9-3-5-10(12)6-4-9/h9-10,12H,3-8H2,1-2H3/t9-,10-. The lowest BCUT2D eigenvalue weighted by Crippen LogP contribution is -2.38. The highest BCUT2D eigenvalue weighted by molar-refractivity contribution is 4.77. The van der Waals surface area contributed by atoms with Gasteiger partial charge in [-0.25, -0.2) is 0 Å². The van der Waals surface area contributed by atoms with Crippen LogP contribution in [0.2, 0.25) is 0 Å². The molecule has 0 amide bonds. The van der Waals surface area contributed by atoms with Gasteiger partial charge in [0, 0.05) is 19.7 Å². The van der Waals surface area contributed by atoms with Gasteiger partial charge in [0.1, 0.15) is 0 Å². The highest BCUT2D eigenvalue weighted by Crippen LogP contribution is 2.21. The number of aliphatic hydroxyl groups is 1. The molecule has 1 fully saturated rings. The largest absolute Gasteiger partial charge is 0.393 e. The van der Waals surface area contributed by atoms with Crippen LogP contribution in [0.25, 0.3) is 0 Å². The Morgan fingerprint density at radius 1 is 1.31 bits per heavy atom. The van der Waals surface area contributed by atoms with Crippen molar-refractivity contribution in [1.82, 2.24) is 4.90 Å². The van der Waals surface area contributed by atoms with Crippen LogP contribution >= 0.6 is 0 Å². The summed E-state index contributed by atoms with van der Waals surface area (Å²) < 4.78 is 5.03. The fourth-order valence-corrected chi connectivity index (χ4v) is 1.92. The van der Waals surface area contributed by atoms with Gasteiger partial charge in [-0.05, 0) is 32.7 Å². The maximum absolute atomic E-state index is 9.34. The molecule has 1 saturated carbocycles. The Morgan fingerprint density at radius 3 is 2.46 bits per heavy atom. The Balaban J connectivity index is 2.19. The van der Waals surface area contributed by atoms with Crippen molar-refractivity contribution in [3.05, 3.63) is 0 Å². The average Bonchev–Trinajstić information content (AvgIpc) is 2.15. The number of ether oxygens (including phenoxy) is 1. The second-order valence-electron chi connectivity index (χ2n) is 3.94. The van der Waals surface area contributed by atoms with Gasteiger partial charge in [-0.15, -0.1) is 0 Å². The van der Waals surface area contributed by atoms with Crippen LogP contribution in [0.1, 0.15) is 25.7 Å². The number of aliphatic hydroxyl groups excluding tert-OH is 1. The minimum absolute atomic E-state index is 0.0490. The van der Waals surface area contributed by atoms with Crippen LogP contribution < -0.4 is 0 Å².